The van der Waals surface area contributed by atoms with Gasteiger partial charge >= 0.3 is 0 Å². The lowest BCUT2D eigenvalue weighted by atomic mass is 9.72. The SMILES string of the molecule is CC(C)(C=O)c1ccc(C(O)CCCN2CCC(C(O)(c3ccccc3)c3ccccc3)CC2)cc1. The van der Waals surface area contributed by atoms with Crippen molar-refractivity contribution in [3.8, 4) is 0 Å². The summed E-state index contributed by atoms with van der Waals surface area (Å²) in [4.78, 5) is 13.7. The number of carbonyl (C=O) groups is 1. The first kappa shape index (κ1) is 26.3. The van der Waals surface area contributed by atoms with Crippen molar-refractivity contribution in [3.05, 3.63) is 107 Å². The molecule has 190 valence electrons. The van der Waals surface area contributed by atoms with Gasteiger partial charge in [-0.3, -0.25) is 0 Å². The Bertz CT molecular complexity index is 1050. The second kappa shape index (κ2) is 11.5. The molecule has 1 atom stereocenters. The number of aliphatic hydroxyl groups is 2. The van der Waals surface area contributed by atoms with Gasteiger partial charge in [-0.15, -0.1) is 0 Å². The number of piperidine rings is 1. The second-order valence-electron chi connectivity index (χ2n) is 10.7. The smallest absolute Gasteiger partial charge is 0.129 e. The Balaban J connectivity index is 1.31. The normalized spacial score (nSPS) is 16.6. The van der Waals surface area contributed by atoms with E-state index in [1.54, 1.807) is 0 Å². The minimum Gasteiger partial charge on any atom is -0.388 e. The first-order chi connectivity index (χ1) is 17.3. The Morgan fingerprint density at radius 3 is 1.89 bits per heavy atom. The van der Waals surface area contributed by atoms with Gasteiger partial charge in [0.25, 0.3) is 0 Å². The molecule has 1 heterocycles. The summed E-state index contributed by atoms with van der Waals surface area (Å²) in [6.45, 7) is 6.62. The standard InChI is InChI=1S/C32H39NO3/c1-31(2,24-34)26-17-15-25(16-18-26)30(35)14-9-21-33-22-19-29(20-23-33)32(36,27-10-5-3-6-11-27)28-12-7-4-8-13-28/h3-8,10-13,15-18,24,29-30,35-36H,9,14,19-23H2,1-2H3. The lowest BCUT2D eigenvalue weighted by molar-refractivity contribution is -0.111. The molecule has 1 fully saturated rings. The van der Waals surface area contributed by atoms with Crippen LogP contribution in [0.5, 0.6) is 0 Å². The zero-order valence-electron chi connectivity index (χ0n) is 21.5. The van der Waals surface area contributed by atoms with Gasteiger partial charge in [0.2, 0.25) is 0 Å². The highest BCUT2D eigenvalue weighted by Crippen LogP contribution is 2.42. The number of carbonyl (C=O) groups excluding carboxylic acids is 1. The highest BCUT2D eigenvalue weighted by Gasteiger charge is 2.41. The minimum absolute atomic E-state index is 0.151. The summed E-state index contributed by atoms with van der Waals surface area (Å²) >= 11 is 0. The van der Waals surface area contributed by atoms with E-state index in [-0.39, 0.29) is 5.92 Å². The van der Waals surface area contributed by atoms with Crippen LogP contribution < -0.4 is 0 Å². The predicted octanol–water partition coefficient (Wildman–Crippen LogP) is 5.62. The quantitative estimate of drug-likeness (QED) is 0.366. The number of aldehydes is 1. The summed E-state index contributed by atoms with van der Waals surface area (Å²) in [6, 6.07) is 27.9. The maximum Gasteiger partial charge on any atom is 0.129 e. The molecule has 3 aromatic rings. The van der Waals surface area contributed by atoms with Gasteiger partial charge in [0, 0.05) is 5.41 Å². The van der Waals surface area contributed by atoms with Crippen LogP contribution in [0.2, 0.25) is 0 Å². The van der Waals surface area contributed by atoms with Gasteiger partial charge in [0.05, 0.1) is 6.10 Å². The maximum absolute atomic E-state index is 12.1. The lowest BCUT2D eigenvalue weighted by Gasteiger charge is -2.42. The molecule has 0 saturated carbocycles. The van der Waals surface area contributed by atoms with E-state index in [1.807, 2.05) is 98.8 Å². The van der Waals surface area contributed by atoms with E-state index in [1.165, 1.54) is 0 Å². The van der Waals surface area contributed by atoms with Crippen LogP contribution in [-0.2, 0) is 15.8 Å². The Hall–Kier alpha value is -2.79. The van der Waals surface area contributed by atoms with Crippen LogP contribution in [0.15, 0.2) is 84.9 Å². The van der Waals surface area contributed by atoms with Gasteiger partial charge in [0.1, 0.15) is 11.9 Å². The largest absolute Gasteiger partial charge is 0.388 e. The molecule has 0 radical (unpaired) electrons. The van der Waals surface area contributed by atoms with E-state index in [2.05, 4.69) is 4.90 Å². The molecular weight excluding hydrogens is 446 g/mol. The van der Waals surface area contributed by atoms with Crippen LogP contribution in [0, 0.1) is 5.92 Å². The fourth-order valence-corrected chi connectivity index (χ4v) is 5.47. The van der Waals surface area contributed by atoms with Crippen molar-refractivity contribution in [2.24, 2.45) is 5.92 Å². The van der Waals surface area contributed by atoms with Gasteiger partial charge in [-0.2, -0.15) is 0 Å². The number of nitrogens with zero attached hydrogens (tertiary/aromatic N) is 1. The number of aliphatic hydroxyl groups excluding tert-OH is 1. The Morgan fingerprint density at radius 1 is 0.861 bits per heavy atom. The highest BCUT2D eigenvalue weighted by atomic mass is 16.3. The monoisotopic (exact) mass is 485 g/mol. The molecule has 1 unspecified atom stereocenters. The molecule has 0 aromatic heterocycles. The fraction of sp³-hybridized carbons (Fsp3) is 0.406. The van der Waals surface area contributed by atoms with Gasteiger partial charge < -0.3 is 19.9 Å². The molecule has 3 aromatic carbocycles. The van der Waals surface area contributed by atoms with Crippen molar-refractivity contribution in [1.29, 1.82) is 0 Å². The van der Waals surface area contributed by atoms with Gasteiger partial charge in [-0.1, -0.05) is 84.9 Å². The first-order valence-electron chi connectivity index (χ1n) is 13.1. The molecule has 0 aliphatic carbocycles. The second-order valence-corrected chi connectivity index (χ2v) is 10.7. The molecule has 1 aliphatic rings. The molecular formula is C32H39NO3. The number of likely N-dealkylation sites (tertiary alicyclic amines) is 1. The summed E-state index contributed by atoms with van der Waals surface area (Å²) in [5, 5.41) is 22.7. The molecule has 0 bridgehead atoms. The molecule has 4 nitrogen and oxygen atoms in total. The van der Waals surface area contributed by atoms with Crippen LogP contribution in [0.3, 0.4) is 0 Å². The van der Waals surface area contributed by atoms with Crippen LogP contribution >= 0.6 is 0 Å². The van der Waals surface area contributed by atoms with E-state index in [9.17, 15) is 15.0 Å². The van der Waals surface area contributed by atoms with Crippen molar-refractivity contribution in [2.45, 2.75) is 56.7 Å². The number of rotatable bonds is 10. The third-order valence-electron chi connectivity index (χ3n) is 7.89. The zero-order valence-corrected chi connectivity index (χ0v) is 21.5. The molecule has 2 N–H and O–H groups in total. The predicted molar refractivity (Wildman–Crippen MR) is 145 cm³/mol. The summed E-state index contributed by atoms with van der Waals surface area (Å²) in [5.74, 6) is 0.151. The van der Waals surface area contributed by atoms with Gasteiger partial charge in [0.15, 0.2) is 0 Å². The van der Waals surface area contributed by atoms with Crippen molar-refractivity contribution in [2.75, 3.05) is 19.6 Å². The Labute approximate surface area is 215 Å². The van der Waals surface area contributed by atoms with Crippen molar-refractivity contribution in [1.82, 2.24) is 4.90 Å². The van der Waals surface area contributed by atoms with Gasteiger partial charge in [-0.05, 0) is 87.3 Å². The molecule has 1 aliphatic heterocycles. The van der Waals surface area contributed by atoms with Crippen LogP contribution in [-0.4, -0.2) is 41.0 Å². The number of hydrogen-bond donors (Lipinski definition) is 2. The summed E-state index contributed by atoms with van der Waals surface area (Å²) < 4.78 is 0. The molecule has 4 heteroatoms. The summed E-state index contributed by atoms with van der Waals surface area (Å²) in [5.41, 5.74) is 2.27. The third kappa shape index (κ3) is 5.78. The number of hydrogen-bond acceptors (Lipinski definition) is 4. The van der Waals surface area contributed by atoms with E-state index < -0.39 is 17.1 Å². The summed E-state index contributed by atoms with van der Waals surface area (Å²) in [7, 11) is 0. The van der Waals surface area contributed by atoms with E-state index in [0.29, 0.717) is 6.42 Å². The first-order valence-corrected chi connectivity index (χ1v) is 13.1. The van der Waals surface area contributed by atoms with Crippen molar-refractivity contribution < 1.29 is 15.0 Å². The van der Waals surface area contributed by atoms with Crippen molar-refractivity contribution in [3.63, 3.8) is 0 Å². The molecule has 36 heavy (non-hydrogen) atoms. The van der Waals surface area contributed by atoms with E-state index in [0.717, 1.165) is 67.4 Å². The molecule has 0 spiro atoms. The van der Waals surface area contributed by atoms with Crippen LogP contribution in [0.1, 0.15) is 67.9 Å². The van der Waals surface area contributed by atoms with E-state index >= 15 is 0 Å². The van der Waals surface area contributed by atoms with Crippen molar-refractivity contribution >= 4 is 6.29 Å². The lowest BCUT2D eigenvalue weighted by Crippen LogP contribution is -2.44. The minimum atomic E-state index is -0.991. The molecule has 0 amide bonds. The number of benzene rings is 3. The third-order valence-corrected chi connectivity index (χ3v) is 7.89. The average molecular weight is 486 g/mol. The van der Waals surface area contributed by atoms with E-state index in [4.69, 9.17) is 0 Å². The average Bonchev–Trinajstić information content (AvgIpc) is 2.94. The maximum atomic E-state index is 12.1. The highest BCUT2D eigenvalue weighted by molar-refractivity contribution is 5.67. The van der Waals surface area contributed by atoms with Gasteiger partial charge in [-0.25, -0.2) is 0 Å². The van der Waals surface area contributed by atoms with Crippen LogP contribution in [0.4, 0.5) is 0 Å². The van der Waals surface area contributed by atoms with Crippen LogP contribution in [0.25, 0.3) is 0 Å². The molecule has 4 rings (SSSR count). The molecule has 1 saturated heterocycles. The fourth-order valence-electron chi connectivity index (χ4n) is 5.47. The Kier molecular flexibility index (Phi) is 8.40. The topological polar surface area (TPSA) is 60.8 Å². The summed E-state index contributed by atoms with van der Waals surface area (Å²) in [6.07, 6.45) is 3.93. The zero-order chi connectivity index (χ0) is 25.6. The Morgan fingerprint density at radius 2 is 1.39 bits per heavy atom.